The lowest BCUT2D eigenvalue weighted by Crippen LogP contribution is -2.48. The lowest BCUT2D eigenvalue weighted by molar-refractivity contribution is -0.0415. The molecule has 2 heterocycles. The zero-order chi connectivity index (χ0) is 20.9. The standard InChI is InChI=1S/C22H32ClNO5/c1-22(2,3)29-21(25)24-8-10-27-18(13-24)11-16-6-7-20(19(23)12-16)28-15-17-5-4-9-26-14-17/h6-7,12,17-18H,4-5,8-11,13-15H2,1-3H3/t17-,18?/m1/s1. The number of rotatable bonds is 5. The highest BCUT2D eigenvalue weighted by Gasteiger charge is 2.28. The molecule has 162 valence electrons. The zero-order valence-corrected chi connectivity index (χ0v) is 18.4. The van der Waals surface area contributed by atoms with E-state index in [1.807, 2.05) is 39.0 Å². The molecule has 2 fully saturated rings. The highest BCUT2D eigenvalue weighted by Crippen LogP contribution is 2.28. The van der Waals surface area contributed by atoms with Gasteiger partial charge in [0.25, 0.3) is 0 Å². The highest BCUT2D eigenvalue weighted by atomic mass is 35.5. The first-order valence-corrected chi connectivity index (χ1v) is 10.8. The molecule has 2 aliphatic rings. The Labute approximate surface area is 178 Å². The topological polar surface area (TPSA) is 57.2 Å². The van der Waals surface area contributed by atoms with Crippen molar-refractivity contribution in [3.63, 3.8) is 0 Å². The molecule has 1 unspecified atom stereocenters. The van der Waals surface area contributed by atoms with E-state index in [2.05, 4.69) is 0 Å². The number of carbonyl (C=O) groups is 1. The van der Waals surface area contributed by atoms with Crippen molar-refractivity contribution in [2.75, 3.05) is 39.5 Å². The lowest BCUT2D eigenvalue weighted by Gasteiger charge is -2.34. The molecular weight excluding hydrogens is 394 g/mol. The van der Waals surface area contributed by atoms with Gasteiger partial charge in [-0.1, -0.05) is 17.7 Å². The van der Waals surface area contributed by atoms with Crippen LogP contribution < -0.4 is 4.74 Å². The Morgan fingerprint density at radius 2 is 2.14 bits per heavy atom. The van der Waals surface area contributed by atoms with E-state index >= 15 is 0 Å². The van der Waals surface area contributed by atoms with Crippen molar-refractivity contribution in [3.05, 3.63) is 28.8 Å². The molecular formula is C22H32ClNO5. The number of hydrogen-bond donors (Lipinski definition) is 0. The van der Waals surface area contributed by atoms with Crippen molar-refractivity contribution in [3.8, 4) is 5.75 Å². The van der Waals surface area contributed by atoms with Crippen LogP contribution in [0.3, 0.4) is 0 Å². The number of carbonyl (C=O) groups excluding carboxylic acids is 1. The van der Waals surface area contributed by atoms with E-state index < -0.39 is 5.60 Å². The fraction of sp³-hybridized carbons (Fsp3) is 0.682. The first kappa shape index (κ1) is 22.2. The molecule has 1 aromatic rings. The number of hydrogen-bond acceptors (Lipinski definition) is 5. The van der Waals surface area contributed by atoms with Crippen LogP contribution >= 0.6 is 11.6 Å². The van der Waals surface area contributed by atoms with Gasteiger partial charge in [-0.15, -0.1) is 0 Å². The first-order valence-electron chi connectivity index (χ1n) is 10.4. The van der Waals surface area contributed by atoms with Crippen molar-refractivity contribution in [2.45, 2.75) is 51.7 Å². The van der Waals surface area contributed by atoms with Crippen molar-refractivity contribution < 1.29 is 23.7 Å². The molecule has 1 aromatic carbocycles. The van der Waals surface area contributed by atoms with Crippen LogP contribution in [0.5, 0.6) is 5.75 Å². The van der Waals surface area contributed by atoms with Crippen LogP contribution in [0.1, 0.15) is 39.2 Å². The second-order valence-corrected chi connectivity index (χ2v) is 9.19. The van der Waals surface area contributed by atoms with Gasteiger partial charge < -0.3 is 23.8 Å². The van der Waals surface area contributed by atoms with Crippen molar-refractivity contribution in [1.82, 2.24) is 4.90 Å². The average molecular weight is 426 g/mol. The Hall–Kier alpha value is -1.50. The molecule has 0 spiro atoms. The third kappa shape index (κ3) is 7.05. The van der Waals surface area contributed by atoms with Crippen molar-refractivity contribution in [1.29, 1.82) is 0 Å². The Morgan fingerprint density at radius 3 is 2.83 bits per heavy atom. The van der Waals surface area contributed by atoms with Crippen molar-refractivity contribution >= 4 is 17.7 Å². The van der Waals surface area contributed by atoms with Crippen LogP contribution in [0.15, 0.2) is 18.2 Å². The predicted molar refractivity (Wildman–Crippen MR) is 112 cm³/mol. The van der Waals surface area contributed by atoms with Gasteiger partial charge in [0.05, 0.1) is 37.5 Å². The minimum Gasteiger partial charge on any atom is -0.492 e. The summed E-state index contributed by atoms with van der Waals surface area (Å²) >= 11 is 6.43. The molecule has 0 bridgehead atoms. The monoisotopic (exact) mass is 425 g/mol. The maximum Gasteiger partial charge on any atom is 0.410 e. The van der Waals surface area contributed by atoms with E-state index in [9.17, 15) is 4.79 Å². The largest absolute Gasteiger partial charge is 0.492 e. The predicted octanol–water partition coefficient (Wildman–Crippen LogP) is 4.32. The second kappa shape index (κ2) is 10.0. The highest BCUT2D eigenvalue weighted by molar-refractivity contribution is 6.32. The summed E-state index contributed by atoms with van der Waals surface area (Å²) in [5, 5.41) is 0.596. The van der Waals surface area contributed by atoms with Crippen LogP contribution in [-0.2, 0) is 20.6 Å². The Kier molecular flexibility index (Phi) is 7.66. The lowest BCUT2D eigenvalue weighted by atomic mass is 10.0. The van der Waals surface area contributed by atoms with Gasteiger partial charge in [0.1, 0.15) is 11.4 Å². The molecule has 0 radical (unpaired) electrons. The summed E-state index contributed by atoms with van der Waals surface area (Å²) in [6.45, 7) is 9.39. The normalized spacial score (nSPS) is 23.0. The van der Waals surface area contributed by atoms with Gasteiger partial charge in [0, 0.05) is 25.5 Å². The molecule has 1 amide bonds. The SMILES string of the molecule is CC(C)(C)OC(=O)N1CCOC(Cc2ccc(OC[C@@H]3CCCOC3)c(Cl)c2)C1. The average Bonchev–Trinajstić information content (AvgIpc) is 2.67. The number of nitrogens with zero attached hydrogens (tertiary/aromatic N) is 1. The third-order valence-corrected chi connectivity index (χ3v) is 5.27. The van der Waals surface area contributed by atoms with Gasteiger partial charge in [-0.25, -0.2) is 4.79 Å². The van der Waals surface area contributed by atoms with Crippen LogP contribution in [-0.4, -0.2) is 62.2 Å². The zero-order valence-electron chi connectivity index (χ0n) is 17.6. The van der Waals surface area contributed by atoms with E-state index in [0.29, 0.717) is 49.4 Å². The van der Waals surface area contributed by atoms with Gasteiger partial charge in [0.2, 0.25) is 0 Å². The van der Waals surface area contributed by atoms with E-state index in [1.54, 1.807) is 4.90 Å². The number of halogens is 1. The van der Waals surface area contributed by atoms with E-state index in [4.69, 9.17) is 30.5 Å². The van der Waals surface area contributed by atoms with E-state index in [0.717, 1.165) is 31.6 Å². The molecule has 2 saturated heterocycles. The summed E-state index contributed by atoms with van der Waals surface area (Å²) < 4.78 is 22.7. The first-order chi connectivity index (χ1) is 13.8. The summed E-state index contributed by atoms with van der Waals surface area (Å²) in [4.78, 5) is 14.0. The van der Waals surface area contributed by atoms with Gasteiger partial charge >= 0.3 is 6.09 Å². The van der Waals surface area contributed by atoms with E-state index in [-0.39, 0.29) is 12.2 Å². The molecule has 0 aromatic heterocycles. The molecule has 0 N–H and O–H groups in total. The fourth-order valence-electron chi connectivity index (χ4n) is 3.53. The third-order valence-electron chi connectivity index (χ3n) is 4.98. The van der Waals surface area contributed by atoms with Crippen LogP contribution in [0.25, 0.3) is 0 Å². The van der Waals surface area contributed by atoms with Gasteiger partial charge in [-0.3, -0.25) is 0 Å². The number of amides is 1. The fourth-order valence-corrected chi connectivity index (χ4v) is 3.79. The molecule has 7 heteroatoms. The smallest absolute Gasteiger partial charge is 0.410 e. The maximum absolute atomic E-state index is 12.3. The molecule has 29 heavy (non-hydrogen) atoms. The molecule has 2 atom stereocenters. The van der Waals surface area contributed by atoms with Gasteiger partial charge in [-0.2, -0.15) is 0 Å². The Morgan fingerprint density at radius 1 is 1.31 bits per heavy atom. The van der Waals surface area contributed by atoms with Crippen LogP contribution in [0.2, 0.25) is 5.02 Å². The molecule has 3 rings (SSSR count). The van der Waals surface area contributed by atoms with Gasteiger partial charge in [-0.05, 0) is 51.3 Å². The van der Waals surface area contributed by atoms with Crippen LogP contribution in [0, 0.1) is 5.92 Å². The molecule has 0 saturated carbocycles. The number of morpholine rings is 1. The van der Waals surface area contributed by atoms with E-state index in [1.165, 1.54) is 0 Å². The number of benzene rings is 1. The Balaban J connectivity index is 1.51. The molecule has 6 nitrogen and oxygen atoms in total. The Bertz CT molecular complexity index is 684. The summed E-state index contributed by atoms with van der Waals surface area (Å²) in [5.74, 6) is 1.12. The summed E-state index contributed by atoms with van der Waals surface area (Å²) in [6.07, 6.45) is 2.51. The quantitative estimate of drug-likeness (QED) is 0.703. The minimum atomic E-state index is -0.502. The number of ether oxygens (including phenoxy) is 4. The molecule has 2 aliphatic heterocycles. The summed E-state index contributed by atoms with van der Waals surface area (Å²) in [7, 11) is 0. The second-order valence-electron chi connectivity index (χ2n) is 8.78. The van der Waals surface area contributed by atoms with Crippen LogP contribution in [0.4, 0.5) is 4.79 Å². The van der Waals surface area contributed by atoms with Gasteiger partial charge in [0.15, 0.2) is 0 Å². The summed E-state index contributed by atoms with van der Waals surface area (Å²) in [5.41, 5.74) is 0.553. The maximum atomic E-state index is 12.3. The van der Waals surface area contributed by atoms with Crippen molar-refractivity contribution in [2.24, 2.45) is 5.92 Å². The molecule has 0 aliphatic carbocycles. The minimum absolute atomic E-state index is 0.0847. The summed E-state index contributed by atoms with van der Waals surface area (Å²) in [6, 6.07) is 5.84.